The van der Waals surface area contributed by atoms with Crippen molar-refractivity contribution in [2.24, 2.45) is 5.41 Å². The van der Waals surface area contributed by atoms with Gasteiger partial charge in [0.15, 0.2) is 0 Å². The van der Waals surface area contributed by atoms with Crippen LogP contribution in [0.2, 0.25) is 0 Å². The van der Waals surface area contributed by atoms with Crippen LogP contribution < -0.4 is 0 Å². The summed E-state index contributed by atoms with van der Waals surface area (Å²) in [6, 6.07) is 0. The van der Waals surface area contributed by atoms with Gasteiger partial charge in [-0.05, 0) is 19.3 Å². The van der Waals surface area contributed by atoms with Crippen molar-refractivity contribution in [3.63, 3.8) is 0 Å². The van der Waals surface area contributed by atoms with Crippen molar-refractivity contribution in [1.29, 1.82) is 0 Å². The number of hydrogen-bond donors (Lipinski definition) is 0. The number of halogens is 1. The largest absolute Gasteiger partial charge is 0.378 e. The van der Waals surface area contributed by atoms with E-state index in [2.05, 4.69) is 0 Å². The van der Waals surface area contributed by atoms with Gasteiger partial charge in [0.1, 0.15) is 0 Å². The lowest BCUT2D eigenvalue weighted by Crippen LogP contribution is -2.32. The van der Waals surface area contributed by atoms with E-state index in [1.807, 2.05) is 0 Å². The van der Waals surface area contributed by atoms with E-state index in [9.17, 15) is 12.3 Å². The molecule has 2 fully saturated rings. The molecule has 3 nitrogen and oxygen atoms in total. The van der Waals surface area contributed by atoms with E-state index >= 15 is 0 Å². The fraction of sp³-hybridized carbons (Fsp3) is 1.00. The number of fused-ring (bicyclic) bond motifs is 1. The van der Waals surface area contributed by atoms with Gasteiger partial charge < -0.3 is 4.74 Å². The van der Waals surface area contributed by atoms with Gasteiger partial charge in [0.25, 0.3) is 0 Å². The second kappa shape index (κ2) is 2.92. The first-order valence-electron chi connectivity index (χ1n) is 4.56. The minimum atomic E-state index is -4.35. The van der Waals surface area contributed by atoms with E-state index in [1.54, 1.807) is 0 Å². The molecule has 0 spiro atoms. The molecule has 2 atom stereocenters. The van der Waals surface area contributed by atoms with E-state index < -0.39 is 15.6 Å². The van der Waals surface area contributed by atoms with Crippen LogP contribution in [0.25, 0.3) is 0 Å². The molecule has 5 heteroatoms. The second-order valence-corrected chi connectivity index (χ2v) is 5.41. The first-order chi connectivity index (χ1) is 6.02. The monoisotopic (exact) mass is 208 g/mol. The maximum Gasteiger partial charge on any atom is 0.303 e. The Morgan fingerprint density at radius 2 is 2.23 bits per heavy atom. The van der Waals surface area contributed by atoms with Crippen LogP contribution >= 0.6 is 0 Å². The second-order valence-electron chi connectivity index (χ2n) is 4.05. The first kappa shape index (κ1) is 9.40. The van der Waals surface area contributed by atoms with Crippen LogP contribution in [0.15, 0.2) is 0 Å². The smallest absolute Gasteiger partial charge is 0.303 e. The highest BCUT2D eigenvalue weighted by Crippen LogP contribution is 2.48. The van der Waals surface area contributed by atoms with Gasteiger partial charge in [-0.25, -0.2) is 0 Å². The Labute approximate surface area is 77.5 Å². The van der Waals surface area contributed by atoms with Crippen molar-refractivity contribution in [2.45, 2.75) is 31.8 Å². The molecule has 1 aliphatic carbocycles. The summed E-state index contributed by atoms with van der Waals surface area (Å²) in [6.45, 7) is 0.584. The molecule has 0 aromatic rings. The van der Waals surface area contributed by atoms with Crippen LogP contribution in [-0.2, 0) is 15.0 Å². The van der Waals surface area contributed by atoms with Crippen LogP contribution in [0, 0.1) is 5.41 Å². The van der Waals surface area contributed by atoms with E-state index in [0.29, 0.717) is 13.0 Å². The molecule has 76 valence electrons. The van der Waals surface area contributed by atoms with E-state index in [-0.39, 0.29) is 11.9 Å². The molecule has 2 unspecified atom stereocenters. The van der Waals surface area contributed by atoms with Crippen LogP contribution in [0.5, 0.6) is 0 Å². The van der Waals surface area contributed by atoms with Gasteiger partial charge in [0, 0.05) is 12.0 Å². The number of ether oxygens (including phenoxy) is 1. The number of hydrogen-bond acceptors (Lipinski definition) is 3. The van der Waals surface area contributed by atoms with Crippen molar-refractivity contribution in [1.82, 2.24) is 0 Å². The molecule has 0 N–H and O–H groups in total. The maximum atomic E-state index is 12.6. The van der Waals surface area contributed by atoms with Crippen LogP contribution in [0.4, 0.5) is 3.89 Å². The molecule has 0 aromatic heterocycles. The molecule has 13 heavy (non-hydrogen) atoms. The molecule has 1 aliphatic heterocycles. The highest BCUT2D eigenvalue weighted by molar-refractivity contribution is 7.86. The summed E-state index contributed by atoms with van der Waals surface area (Å²) in [5.74, 6) is -0.343. The normalized spacial score (nSPS) is 39.3. The zero-order chi connectivity index (χ0) is 9.53. The van der Waals surface area contributed by atoms with E-state index in [0.717, 1.165) is 19.3 Å². The summed E-state index contributed by atoms with van der Waals surface area (Å²) in [7, 11) is -4.35. The molecule has 2 aliphatic rings. The molecule has 0 aromatic carbocycles. The van der Waals surface area contributed by atoms with Crippen LogP contribution in [-0.4, -0.2) is 26.9 Å². The van der Waals surface area contributed by atoms with Crippen molar-refractivity contribution < 1.29 is 17.0 Å². The summed E-state index contributed by atoms with van der Waals surface area (Å²) in [4.78, 5) is 0. The van der Waals surface area contributed by atoms with Gasteiger partial charge in [-0.2, -0.15) is 8.42 Å². The third-order valence-corrected chi connectivity index (χ3v) is 4.12. The van der Waals surface area contributed by atoms with Crippen molar-refractivity contribution in [3.8, 4) is 0 Å². The minimum Gasteiger partial charge on any atom is -0.378 e. The van der Waals surface area contributed by atoms with Gasteiger partial charge in [0.05, 0.1) is 11.9 Å². The number of rotatable bonds is 2. The summed E-state index contributed by atoms with van der Waals surface area (Å²) >= 11 is 0. The Hall–Kier alpha value is -0.160. The third-order valence-electron chi connectivity index (χ3n) is 3.20. The highest BCUT2D eigenvalue weighted by atomic mass is 32.3. The van der Waals surface area contributed by atoms with Gasteiger partial charge in [-0.3, -0.25) is 0 Å². The Bertz CT molecular complexity index is 289. The Morgan fingerprint density at radius 3 is 2.92 bits per heavy atom. The zero-order valence-corrected chi connectivity index (χ0v) is 8.15. The SMILES string of the molecule is O=S(=O)(F)CC12CCCC1OCC2. The summed E-state index contributed by atoms with van der Waals surface area (Å²) in [5.41, 5.74) is -0.395. The average molecular weight is 208 g/mol. The predicted molar refractivity (Wildman–Crippen MR) is 45.5 cm³/mol. The topological polar surface area (TPSA) is 43.4 Å². The molecule has 0 radical (unpaired) electrons. The molecule has 1 saturated carbocycles. The molecule has 0 bridgehead atoms. The maximum absolute atomic E-state index is 12.6. The minimum absolute atomic E-state index is 0.0157. The average Bonchev–Trinajstić information content (AvgIpc) is 2.40. The lowest BCUT2D eigenvalue weighted by molar-refractivity contribution is 0.0779. The lowest BCUT2D eigenvalue weighted by Gasteiger charge is -2.24. The van der Waals surface area contributed by atoms with Crippen molar-refractivity contribution in [2.75, 3.05) is 12.4 Å². The molecule has 1 saturated heterocycles. The van der Waals surface area contributed by atoms with Gasteiger partial charge in [-0.1, -0.05) is 6.42 Å². The Balaban J connectivity index is 2.19. The quantitative estimate of drug-likeness (QED) is 0.641. The molecule has 2 rings (SSSR count). The van der Waals surface area contributed by atoms with Crippen molar-refractivity contribution in [3.05, 3.63) is 0 Å². The molecule has 1 heterocycles. The Kier molecular flexibility index (Phi) is 2.11. The first-order valence-corrected chi connectivity index (χ1v) is 6.11. The van der Waals surface area contributed by atoms with E-state index in [1.165, 1.54) is 0 Å². The standard InChI is InChI=1S/C8H13FO3S/c9-13(10,11)6-8-3-1-2-7(8)12-5-4-8/h7H,1-6H2. The van der Waals surface area contributed by atoms with E-state index in [4.69, 9.17) is 4.74 Å². The fourth-order valence-corrected chi connectivity index (χ4v) is 3.80. The predicted octanol–water partition coefficient (Wildman–Crippen LogP) is 1.24. The summed E-state index contributed by atoms with van der Waals surface area (Å²) < 4.78 is 39.2. The zero-order valence-electron chi connectivity index (χ0n) is 7.33. The fourth-order valence-electron chi connectivity index (χ4n) is 2.64. The Morgan fingerprint density at radius 1 is 1.46 bits per heavy atom. The highest BCUT2D eigenvalue weighted by Gasteiger charge is 2.49. The summed E-state index contributed by atoms with van der Waals surface area (Å²) in [6.07, 6.45) is 3.31. The van der Waals surface area contributed by atoms with Crippen LogP contribution in [0.1, 0.15) is 25.7 Å². The molecular formula is C8H13FO3S. The van der Waals surface area contributed by atoms with Crippen LogP contribution in [0.3, 0.4) is 0 Å². The van der Waals surface area contributed by atoms with Gasteiger partial charge >= 0.3 is 10.2 Å². The van der Waals surface area contributed by atoms with Crippen molar-refractivity contribution >= 4 is 10.2 Å². The van der Waals surface area contributed by atoms with Gasteiger partial charge in [0.2, 0.25) is 0 Å². The summed E-state index contributed by atoms with van der Waals surface area (Å²) in [5, 5.41) is 0. The molecule has 0 amide bonds. The third kappa shape index (κ3) is 1.72. The molecular weight excluding hydrogens is 195 g/mol. The van der Waals surface area contributed by atoms with Gasteiger partial charge in [-0.15, -0.1) is 3.89 Å². The lowest BCUT2D eigenvalue weighted by atomic mass is 9.85.